The Labute approximate surface area is 72.7 Å². The van der Waals surface area contributed by atoms with Crippen molar-refractivity contribution in [3.05, 3.63) is 0 Å². The molecule has 1 N–H and O–H groups in total. The molecule has 0 aromatic heterocycles. The lowest BCUT2D eigenvalue weighted by atomic mass is 10.4. The predicted octanol–water partition coefficient (Wildman–Crippen LogP) is 0.361. The maximum atomic E-state index is 10.9. The number of nitrogens with one attached hydrogen (secondary N) is 1. The molecule has 0 aromatic carbocycles. The molecular weight excluding hydrogens is 181 g/mol. The van der Waals surface area contributed by atoms with E-state index in [1.165, 1.54) is 7.11 Å². The number of rotatable bonds is 6. The third kappa shape index (κ3) is 5.18. The van der Waals surface area contributed by atoms with E-state index in [0.29, 0.717) is 6.61 Å². The number of hydrogen-bond donors (Lipinski definition) is 1. The second kappa shape index (κ2) is 7.16. The van der Waals surface area contributed by atoms with E-state index in [9.17, 15) is 9.36 Å². The van der Waals surface area contributed by atoms with Crippen molar-refractivity contribution >= 4 is 14.6 Å². The molecule has 0 spiro atoms. The van der Waals surface area contributed by atoms with Crippen LogP contribution < -0.4 is 5.09 Å². The van der Waals surface area contributed by atoms with Gasteiger partial charge in [0.25, 0.3) is 0 Å². The van der Waals surface area contributed by atoms with E-state index in [0.717, 1.165) is 0 Å². The summed E-state index contributed by atoms with van der Waals surface area (Å²) in [7, 11) is 1.24. The Bertz CT molecular complexity index is 152. The molecule has 0 saturated carbocycles. The predicted molar refractivity (Wildman–Crippen MR) is 43.0 cm³/mol. The molecule has 0 aromatic rings. The molecule has 0 unspecified atom stereocenters. The molecule has 1 atom stereocenters. The Morgan fingerprint density at radius 2 is 2.25 bits per heavy atom. The van der Waals surface area contributed by atoms with E-state index in [1.54, 1.807) is 6.92 Å². The average Bonchev–Trinajstić information content (AvgIpc) is 2.05. The zero-order valence-corrected chi connectivity index (χ0v) is 7.97. The molecule has 0 aliphatic carbocycles. The van der Waals surface area contributed by atoms with Crippen LogP contribution in [0.3, 0.4) is 0 Å². The molecule has 12 heavy (non-hydrogen) atoms. The number of ether oxygens (including phenoxy) is 2. The Morgan fingerprint density at radius 1 is 1.58 bits per heavy atom. The molecule has 70 valence electrons. The molecule has 0 radical (unpaired) electrons. The van der Waals surface area contributed by atoms with Crippen LogP contribution in [0.5, 0.6) is 0 Å². The van der Waals surface area contributed by atoms with Gasteiger partial charge in [-0.1, -0.05) is 0 Å². The van der Waals surface area contributed by atoms with Crippen molar-refractivity contribution in [2.75, 3.05) is 20.3 Å². The highest BCUT2D eigenvalue weighted by atomic mass is 31.1. The molecule has 0 saturated heterocycles. The Kier molecular flexibility index (Phi) is 6.85. The highest BCUT2D eigenvalue weighted by molar-refractivity contribution is 7.21. The monoisotopic (exact) mass is 193 g/mol. The van der Waals surface area contributed by atoms with Gasteiger partial charge in [-0.2, -0.15) is 0 Å². The number of esters is 1. The van der Waals surface area contributed by atoms with Gasteiger partial charge < -0.3 is 9.47 Å². The minimum atomic E-state index is -0.555. The molecule has 5 nitrogen and oxygen atoms in total. The summed E-state index contributed by atoms with van der Waals surface area (Å²) in [6.07, 6.45) is 0. The first-order valence-electron chi connectivity index (χ1n) is 3.45. The van der Waals surface area contributed by atoms with Crippen molar-refractivity contribution in [1.29, 1.82) is 0 Å². The minimum Gasteiger partial charge on any atom is -0.462 e. The van der Waals surface area contributed by atoms with Crippen LogP contribution in [0.1, 0.15) is 6.92 Å². The van der Waals surface area contributed by atoms with Gasteiger partial charge in [0.05, 0.1) is 6.61 Å². The van der Waals surface area contributed by atoms with Crippen molar-refractivity contribution in [2.45, 2.75) is 13.0 Å². The summed E-state index contributed by atoms with van der Waals surface area (Å²) in [5.74, 6) is -0.435. The van der Waals surface area contributed by atoms with Gasteiger partial charge in [0.15, 0.2) is 0 Å². The fourth-order valence-corrected chi connectivity index (χ4v) is 0.746. The highest BCUT2D eigenvalue weighted by Crippen LogP contribution is 1.93. The summed E-state index contributed by atoms with van der Waals surface area (Å²) in [5.41, 5.74) is 0. The Morgan fingerprint density at radius 3 is 2.75 bits per heavy atom. The average molecular weight is 193 g/mol. The fraction of sp³-hybridized carbons (Fsp3) is 0.833. The first-order chi connectivity index (χ1) is 5.72. The van der Waals surface area contributed by atoms with Crippen LogP contribution >= 0.6 is 8.61 Å². The smallest absolute Gasteiger partial charge is 0.323 e. The standard InChI is InChI=1S/C6H12NO4P/c1-5(7-12-9)6(8)11-4-3-10-2/h5H,3-4H2,1-2H3,(H,7,9)/t5-/m0/s1. The first kappa shape index (κ1) is 11.5. The lowest BCUT2D eigenvalue weighted by molar-refractivity contribution is -0.146. The van der Waals surface area contributed by atoms with Gasteiger partial charge in [0, 0.05) is 7.11 Å². The van der Waals surface area contributed by atoms with Crippen LogP contribution in [-0.2, 0) is 18.8 Å². The summed E-state index contributed by atoms with van der Waals surface area (Å²) >= 11 is 0. The van der Waals surface area contributed by atoms with Gasteiger partial charge in [0.1, 0.15) is 12.6 Å². The third-order valence-electron chi connectivity index (χ3n) is 1.13. The zero-order chi connectivity index (χ0) is 9.40. The summed E-state index contributed by atoms with van der Waals surface area (Å²) in [5, 5.41) is 2.37. The van der Waals surface area contributed by atoms with Crippen LogP contribution in [0.2, 0.25) is 0 Å². The normalized spacial score (nSPS) is 12.8. The zero-order valence-electron chi connectivity index (χ0n) is 7.07. The molecule has 0 fully saturated rings. The van der Waals surface area contributed by atoms with Gasteiger partial charge in [-0.3, -0.25) is 9.36 Å². The van der Waals surface area contributed by atoms with E-state index in [-0.39, 0.29) is 15.2 Å². The molecular formula is C6H12NO4P. The van der Waals surface area contributed by atoms with Crippen molar-refractivity contribution in [1.82, 2.24) is 5.09 Å². The van der Waals surface area contributed by atoms with Crippen molar-refractivity contribution in [3.63, 3.8) is 0 Å². The van der Waals surface area contributed by atoms with Gasteiger partial charge >= 0.3 is 5.97 Å². The molecule has 0 bridgehead atoms. The summed E-state index contributed by atoms with van der Waals surface area (Å²) in [4.78, 5) is 10.9. The van der Waals surface area contributed by atoms with Gasteiger partial charge in [0.2, 0.25) is 8.61 Å². The summed E-state index contributed by atoms with van der Waals surface area (Å²) in [6, 6.07) is -0.555. The molecule has 0 aliphatic rings. The van der Waals surface area contributed by atoms with E-state index in [1.807, 2.05) is 0 Å². The second-order valence-corrected chi connectivity index (χ2v) is 2.54. The van der Waals surface area contributed by atoms with E-state index < -0.39 is 12.0 Å². The van der Waals surface area contributed by atoms with Crippen LogP contribution in [0.15, 0.2) is 0 Å². The minimum absolute atomic E-state index is 0.219. The SMILES string of the molecule is COCCOC(=O)[C@H](C)NP=O. The number of hydrogen-bond acceptors (Lipinski definition) is 4. The van der Waals surface area contributed by atoms with Gasteiger partial charge in [-0.25, -0.2) is 5.09 Å². The van der Waals surface area contributed by atoms with E-state index in [4.69, 9.17) is 4.74 Å². The van der Waals surface area contributed by atoms with E-state index in [2.05, 4.69) is 9.82 Å². The summed E-state index contributed by atoms with van der Waals surface area (Å²) in [6.45, 7) is 2.16. The number of methoxy groups -OCH3 is 1. The van der Waals surface area contributed by atoms with Crippen LogP contribution in [-0.4, -0.2) is 32.3 Å². The maximum absolute atomic E-state index is 10.9. The molecule has 0 aliphatic heterocycles. The third-order valence-corrected chi connectivity index (χ3v) is 1.62. The fourth-order valence-electron chi connectivity index (χ4n) is 0.482. The summed E-state index contributed by atoms with van der Waals surface area (Å²) < 4.78 is 19.4. The van der Waals surface area contributed by atoms with Crippen molar-refractivity contribution < 1.29 is 18.8 Å². The van der Waals surface area contributed by atoms with E-state index >= 15 is 0 Å². The van der Waals surface area contributed by atoms with Gasteiger partial charge in [-0.05, 0) is 6.92 Å². The quantitative estimate of drug-likeness (QED) is 0.375. The Balaban J connectivity index is 3.49. The number of carbonyl (C=O) groups excluding carboxylic acids is 1. The van der Waals surface area contributed by atoms with Crippen LogP contribution in [0, 0.1) is 0 Å². The lowest BCUT2D eigenvalue weighted by Gasteiger charge is -2.07. The topological polar surface area (TPSA) is 64.6 Å². The van der Waals surface area contributed by atoms with Crippen LogP contribution in [0.25, 0.3) is 0 Å². The molecule has 0 amide bonds. The maximum Gasteiger partial charge on any atom is 0.323 e. The lowest BCUT2D eigenvalue weighted by Crippen LogP contribution is -2.30. The van der Waals surface area contributed by atoms with Crippen molar-refractivity contribution in [3.8, 4) is 0 Å². The largest absolute Gasteiger partial charge is 0.462 e. The molecule has 0 rings (SSSR count). The number of carbonyl (C=O) groups is 1. The van der Waals surface area contributed by atoms with Crippen LogP contribution in [0.4, 0.5) is 0 Å². The first-order valence-corrected chi connectivity index (χ1v) is 4.27. The Hall–Kier alpha value is -0.510. The molecule has 0 heterocycles. The molecule has 6 heteroatoms. The highest BCUT2D eigenvalue weighted by Gasteiger charge is 2.12. The van der Waals surface area contributed by atoms with Gasteiger partial charge in [-0.15, -0.1) is 0 Å². The van der Waals surface area contributed by atoms with Crippen molar-refractivity contribution in [2.24, 2.45) is 0 Å². The second-order valence-electron chi connectivity index (χ2n) is 2.10.